The maximum absolute atomic E-state index is 11.9. The van der Waals surface area contributed by atoms with Gasteiger partial charge in [-0.1, -0.05) is 47.0 Å². The van der Waals surface area contributed by atoms with Gasteiger partial charge in [0.05, 0.1) is 0 Å². The molecule has 0 spiro atoms. The molecule has 0 saturated carbocycles. The summed E-state index contributed by atoms with van der Waals surface area (Å²) in [6.45, 7) is 9.01. The first-order valence-electron chi connectivity index (χ1n) is 8.11. The number of carbonyl (C=O) groups is 2. The zero-order valence-corrected chi connectivity index (χ0v) is 14.1. The molecule has 0 aliphatic heterocycles. The SMILES string of the molecule is CC(C)CCCCCC(=O)N(C)CCCC(=O)C(C)C. The molecule has 0 aromatic carbocycles. The molecule has 0 N–H and O–H groups in total. The molecule has 0 aliphatic rings. The van der Waals surface area contributed by atoms with Gasteiger partial charge in [-0.15, -0.1) is 0 Å². The molecule has 3 heteroatoms. The van der Waals surface area contributed by atoms with Gasteiger partial charge >= 0.3 is 0 Å². The van der Waals surface area contributed by atoms with Crippen molar-refractivity contribution in [2.24, 2.45) is 11.8 Å². The van der Waals surface area contributed by atoms with Crippen LogP contribution in [-0.2, 0) is 9.59 Å². The van der Waals surface area contributed by atoms with Crippen molar-refractivity contribution in [1.82, 2.24) is 4.90 Å². The summed E-state index contributed by atoms with van der Waals surface area (Å²) in [7, 11) is 1.84. The predicted octanol–water partition coefficient (Wildman–Crippen LogP) is 4.06. The highest BCUT2D eigenvalue weighted by Gasteiger charge is 2.10. The normalized spacial score (nSPS) is 11.2. The average Bonchev–Trinajstić information content (AvgIpc) is 2.37. The van der Waals surface area contributed by atoms with Crippen molar-refractivity contribution in [1.29, 1.82) is 0 Å². The Kier molecular flexibility index (Phi) is 10.4. The minimum absolute atomic E-state index is 0.108. The summed E-state index contributed by atoms with van der Waals surface area (Å²) in [6, 6.07) is 0. The maximum Gasteiger partial charge on any atom is 0.222 e. The Morgan fingerprint density at radius 2 is 1.55 bits per heavy atom. The lowest BCUT2D eigenvalue weighted by Gasteiger charge is -2.17. The van der Waals surface area contributed by atoms with Gasteiger partial charge in [0.25, 0.3) is 0 Å². The standard InChI is InChI=1S/C17H33NO2/c1-14(2)10-7-6-8-12-17(20)18(5)13-9-11-16(19)15(3)4/h14-15H,6-13H2,1-5H3. The number of ketones is 1. The molecule has 0 radical (unpaired) electrons. The van der Waals surface area contributed by atoms with Crippen molar-refractivity contribution in [3.8, 4) is 0 Å². The molecule has 0 unspecified atom stereocenters. The molecule has 0 fully saturated rings. The van der Waals surface area contributed by atoms with Gasteiger partial charge < -0.3 is 4.90 Å². The number of rotatable bonds is 11. The summed E-state index contributed by atoms with van der Waals surface area (Å²) < 4.78 is 0. The van der Waals surface area contributed by atoms with Crippen LogP contribution in [0.1, 0.15) is 72.6 Å². The minimum atomic E-state index is 0.108. The monoisotopic (exact) mass is 283 g/mol. The fraction of sp³-hybridized carbons (Fsp3) is 0.882. The van der Waals surface area contributed by atoms with E-state index in [1.165, 1.54) is 12.8 Å². The third-order valence-corrected chi connectivity index (χ3v) is 3.66. The molecule has 0 rings (SSSR count). The van der Waals surface area contributed by atoms with Gasteiger partial charge in [-0.2, -0.15) is 0 Å². The number of Topliss-reactive ketones (excluding diaryl/α,β-unsaturated/α-hetero) is 1. The van der Waals surface area contributed by atoms with Crippen molar-refractivity contribution in [3.63, 3.8) is 0 Å². The first kappa shape index (κ1) is 19.1. The van der Waals surface area contributed by atoms with Crippen LogP contribution in [0.4, 0.5) is 0 Å². The molecule has 0 atom stereocenters. The number of unbranched alkanes of at least 4 members (excludes halogenated alkanes) is 2. The second kappa shape index (κ2) is 10.9. The molecule has 0 aliphatic carbocycles. The summed E-state index contributed by atoms with van der Waals surface area (Å²) in [5.41, 5.74) is 0. The van der Waals surface area contributed by atoms with E-state index in [0.29, 0.717) is 25.2 Å². The highest BCUT2D eigenvalue weighted by atomic mass is 16.2. The Labute approximate surface area is 125 Å². The quantitative estimate of drug-likeness (QED) is 0.536. The van der Waals surface area contributed by atoms with E-state index < -0.39 is 0 Å². The summed E-state index contributed by atoms with van der Waals surface area (Å²) in [5, 5.41) is 0. The van der Waals surface area contributed by atoms with E-state index in [4.69, 9.17) is 0 Å². The number of hydrogen-bond acceptors (Lipinski definition) is 2. The first-order valence-corrected chi connectivity index (χ1v) is 8.11. The zero-order chi connectivity index (χ0) is 15.5. The lowest BCUT2D eigenvalue weighted by atomic mass is 10.0. The van der Waals surface area contributed by atoms with Gasteiger partial charge in [0.2, 0.25) is 5.91 Å². The minimum Gasteiger partial charge on any atom is -0.346 e. The van der Waals surface area contributed by atoms with Crippen LogP contribution in [0, 0.1) is 11.8 Å². The van der Waals surface area contributed by atoms with Crippen molar-refractivity contribution in [2.45, 2.75) is 72.6 Å². The molecule has 0 heterocycles. The summed E-state index contributed by atoms with van der Waals surface area (Å²) >= 11 is 0. The number of nitrogens with zero attached hydrogens (tertiary/aromatic N) is 1. The zero-order valence-electron chi connectivity index (χ0n) is 14.1. The van der Waals surface area contributed by atoms with Crippen LogP contribution in [0.5, 0.6) is 0 Å². The topological polar surface area (TPSA) is 37.4 Å². The van der Waals surface area contributed by atoms with Crippen LogP contribution in [0.3, 0.4) is 0 Å². The first-order chi connectivity index (χ1) is 9.34. The van der Waals surface area contributed by atoms with Crippen LogP contribution in [0.25, 0.3) is 0 Å². The van der Waals surface area contributed by atoms with Crippen LogP contribution in [0.15, 0.2) is 0 Å². The van der Waals surface area contributed by atoms with E-state index in [2.05, 4.69) is 13.8 Å². The average molecular weight is 283 g/mol. The second-order valence-electron chi connectivity index (χ2n) is 6.53. The molecule has 20 heavy (non-hydrogen) atoms. The van der Waals surface area contributed by atoms with Gasteiger partial charge in [-0.05, 0) is 18.8 Å². The van der Waals surface area contributed by atoms with Gasteiger partial charge in [0.15, 0.2) is 0 Å². The van der Waals surface area contributed by atoms with Crippen molar-refractivity contribution < 1.29 is 9.59 Å². The van der Waals surface area contributed by atoms with Crippen molar-refractivity contribution >= 4 is 11.7 Å². The number of amides is 1. The van der Waals surface area contributed by atoms with E-state index in [-0.39, 0.29) is 11.8 Å². The Morgan fingerprint density at radius 1 is 0.900 bits per heavy atom. The second-order valence-corrected chi connectivity index (χ2v) is 6.53. The van der Waals surface area contributed by atoms with Crippen LogP contribution >= 0.6 is 0 Å². The molecular formula is C17H33NO2. The van der Waals surface area contributed by atoms with E-state index >= 15 is 0 Å². The molecule has 118 valence electrons. The highest BCUT2D eigenvalue weighted by molar-refractivity contribution is 5.80. The largest absolute Gasteiger partial charge is 0.346 e. The van der Waals surface area contributed by atoms with E-state index in [1.54, 1.807) is 4.90 Å². The van der Waals surface area contributed by atoms with Gasteiger partial charge in [-0.3, -0.25) is 9.59 Å². The predicted molar refractivity (Wildman–Crippen MR) is 84.6 cm³/mol. The molecule has 0 aromatic heterocycles. The molecule has 0 saturated heterocycles. The van der Waals surface area contributed by atoms with E-state index in [1.807, 2.05) is 20.9 Å². The Bertz CT molecular complexity index is 285. The Hall–Kier alpha value is -0.860. The maximum atomic E-state index is 11.9. The molecular weight excluding hydrogens is 250 g/mol. The van der Waals surface area contributed by atoms with Gasteiger partial charge in [0.1, 0.15) is 5.78 Å². The molecule has 1 amide bonds. The van der Waals surface area contributed by atoms with Crippen molar-refractivity contribution in [3.05, 3.63) is 0 Å². The summed E-state index contributed by atoms with van der Waals surface area (Å²) in [4.78, 5) is 25.2. The van der Waals surface area contributed by atoms with E-state index in [9.17, 15) is 9.59 Å². The van der Waals surface area contributed by atoms with E-state index in [0.717, 1.165) is 25.2 Å². The smallest absolute Gasteiger partial charge is 0.222 e. The lowest BCUT2D eigenvalue weighted by molar-refractivity contribution is -0.130. The fourth-order valence-electron chi connectivity index (χ4n) is 2.10. The molecule has 0 aromatic rings. The number of hydrogen-bond donors (Lipinski definition) is 0. The summed E-state index contributed by atoms with van der Waals surface area (Å²) in [6.07, 6.45) is 6.62. The van der Waals surface area contributed by atoms with Crippen molar-refractivity contribution in [2.75, 3.05) is 13.6 Å². The highest BCUT2D eigenvalue weighted by Crippen LogP contribution is 2.10. The fourth-order valence-corrected chi connectivity index (χ4v) is 2.10. The van der Waals surface area contributed by atoms with Crippen LogP contribution in [0.2, 0.25) is 0 Å². The number of carbonyl (C=O) groups excluding carboxylic acids is 2. The lowest BCUT2D eigenvalue weighted by Crippen LogP contribution is -2.28. The Balaban J connectivity index is 3.63. The van der Waals surface area contributed by atoms with Gasteiger partial charge in [-0.25, -0.2) is 0 Å². The van der Waals surface area contributed by atoms with Crippen LogP contribution in [-0.4, -0.2) is 30.2 Å². The third-order valence-electron chi connectivity index (χ3n) is 3.66. The summed E-state index contributed by atoms with van der Waals surface area (Å²) in [5.74, 6) is 1.37. The molecule has 0 bridgehead atoms. The third kappa shape index (κ3) is 9.99. The molecule has 3 nitrogen and oxygen atoms in total. The van der Waals surface area contributed by atoms with Gasteiger partial charge in [0, 0.05) is 32.4 Å². The van der Waals surface area contributed by atoms with Crippen LogP contribution < -0.4 is 0 Å². The Morgan fingerprint density at radius 3 is 2.10 bits per heavy atom.